The molecule has 0 saturated heterocycles. The Kier molecular flexibility index (Phi) is 8.88. The van der Waals surface area contributed by atoms with Crippen molar-refractivity contribution in [3.63, 3.8) is 0 Å². The van der Waals surface area contributed by atoms with Crippen LogP contribution < -0.4 is 0 Å². The number of likely N-dealkylation sites (N-methyl/N-ethyl adjacent to an activating group) is 1. The lowest BCUT2D eigenvalue weighted by Crippen LogP contribution is -2.35. The molecule has 8 heteroatoms. The van der Waals surface area contributed by atoms with Gasteiger partial charge >= 0.3 is 0 Å². The molecular weight excluding hydrogens is 449 g/mol. The number of hydrogen-bond donors (Lipinski definition) is 0. The van der Waals surface area contributed by atoms with Gasteiger partial charge in [-0.05, 0) is 62.7 Å². The molecule has 1 aromatic carbocycles. The third-order valence-corrected chi connectivity index (χ3v) is 6.00. The van der Waals surface area contributed by atoms with Gasteiger partial charge in [-0.1, -0.05) is 6.92 Å². The van der Waals surface area contributed by atoms with Crippen LogP contribution in [0.1, 0.15) is 46.9 Å². The summed E-state index contributed by atoms with van der Waals surface area (Å²) in [7, 11) is 4.92. The van der Waals surface area contributed by atoms with Crippen molar-refractivity contribution in [3.05, 3.63) is 58.7 Å². The van der Waals surface area contributed by atoms with Crippen molar-refractivity contribution >= 4 is 17.2 Å². The van der Waals surface area contributed by atoms with E-state index in [-0.39, 0.29) is 24.5 Å². The Balaban J connectivity index is 2.00. The SMILES string of the molecule is CCCC(=O)c1cc(C)c(-c2nc3cc(C)ccn3c2CC(=O)CN(C)CC(OC)OC)c(F)c1. The second-order valence-corrected chi connectivity index (χ2v) is 8.98. The van der Waals surface area contributed by atoms with Crippen LogP contribution in [-0.4, -0.2) is 66.5 Å². The summed E-state index contributed by atoms with van der Waals surface area (Å²) in [5, 5.41) is 0. The van der Waals surface area contributed by atoms with Gasteiger partial charge in [0.1, 0.15) is 11.5 Å². The maximum absolute atomic E-state index is 15.4. The molecule has 0 aliphatic heterocycles. The summed E-state index contributed by atoms with van der Waals surface area (Å²) >= 11 is 0. The van der Waals surface area contributed by atoms with Crippen LogP contribution in [-0.2, 0) is 20.7 Å². The number of ketones is 2. The first-order valence-corrected chi connectivity index (χ1v) is 11.8. The third kappa shape index (κ3) is 6.20. The van der Waals surface area contributed by atoms with Crippen LogP contribution >= 0.6 is 0 Å². The van der Waals surface area contributed by atoms with Crippen molar-refractivity contribution in [2.45, 2.75) is 46.3 Å². The second kappa shape index (κ2) is 11.7. The van der Waals surface area contributed by atoms with E-state index in [0.29, 0.717) is 53.1 Å². The van der Waals surface area contributed by atoms with Crippen LogP contribution in [0.5, 0.6) is 0 Å². The smallest absolute Gasteiger partial charge is 0.169 e. The number of carbonyl (C=O) groups excluding carboxylic acids is 2. The number of benzene rings is 1. The first-order chi connectivity index (χ1) is 16.7. The van der Waals surface area contributed by atoms with Gasteiger partial charge in [0.2, 0.25) is 0 Å². The van der Waals surface area contributed by atoms with Gasteiger partial charge in [-0.25, -0.2) is 9.37 Å². The number of nitrogens with zero attached hydrogens (tertiary/aromatic N) is 3. The monoisotopic (exact) mass is 483 g/mol. The highest BCUT2D eigenvalue weighted by Gasteiger charge is 2.23. The van der Waals surface area contributed by atoms with Gasteiger partial charge in [0.05, 0.1) is 24.4 Å². The van der Waals surface area contributed by atoms with Crippen molar-refractivity contribution in [1.29, 1.82) is 0 Å². The number of aromatic nitrogens is 2. The topological polar surface area (TPSA) is 73.1 Å². The average Bonchev–Trinajstić information content (AvgIpc) is 3.13. The molecule has 0 N–H and O–H groups in total. The van der Waals surface area contributed by atoms with Crippen LogP contribution in [0.15, 0.2) is 30.5 Å². The fourth-order valence-corrected chi connectivity index (χ4v) is 4.25. The summed E-state index contributed by atoms with van der Waals surface area (Å²) in [6.07, 6.45) is 2.55. The Labute approximate surface area is 205 Å². The number of hydrogen-bond acceptors (Lipinski definition) is 6. The lowest BCUT2D eigenvalue weighted by Gasteiger charge is -2.21. The van der Waals surface area contributed by atoms with E-state index in [4.69, 9.17) is 14.5 Å². The molecule has 35 heavy (non-hydrogen) atoms. The highest BCUT2D eigenvalue weighted by atomic mass is 19.1. The number of carbonyl (C=O) groups is 2. The van der Waals surface area contributed by atoms with E-state index < -0.39 is 12.1 Å². The highest BCUT2D eigenvalue weighted by Crippen LogP contribution is 2.32. The van der Waals surface area contributed by atoms with E-state index in [9.17, 15) is 9.59 Å². The van der Waals surface area contributed by atoms with Gasteiger partial charge in [-0.2, -0.15) is 0 Å². The number of rotatable bonds is 12. The van der Waals surface area contributed by atoms with Gasteiger partial charge in [-0.3, -0.25) is 14.5 Å². The number of methoxy groups -OCH3 is 2. The Hall–Kier alpha value is -2.94. The lowest BCUT2D eigenvalue weighted by atomic mass is 9.96. The summed E-state index contributed by atoms with van der Waals surface area (Å²) < 4.78 is 27.7. The quantitative estimate of drug-likeness (QED) is 0.281. The largest absolute Gasteiger partial charge is 0.355 e. The molecule has 0 bridgehead atoms. The molecule has 0 aliphatic carbocycles. The normalized spacial score (nSPS) is 11.7. The van der Waals surface area contributed by atoms with E-state index in [1.807, 2.05) is 48.5 Å². The maximum atomic E-state index is 15.4. The minimum atomic E-state index is -0.515. The van der Waals surface area contributed by atoms with Crippen molar-refractivity contribution < 1.29 is 23.5 Å². The molecule has 188 valence electrons. The van der Waals surface area contributed by atoms with Crippen LogP contribution in [0.4, 0.5) is 4.39 Å². The van der Waals surface area contributed by atoms with E-state index >= 15 is 4.39 Å². The summed E-state index contributed by atoms with van der Waals surface area (Å²) in [6.45, 7) is 6.24. The number of ether oxygens (including phenoxy) is 2. The van der Waals surface area contributed by atoms with Gasteiger partial charge in [-0.15, -0.1) is 0 Å². The Bertz CT molecular complexity index is 1190. The summed E-state index contributed by atoms with van der Waals surface area (Å²) in [5.74, 6) is -0.649. The van der Waals surface area contributed by atoms with E-state index in [2.05, 4.69) is 0 Å². The Morgan fingerprint density at radius 3 is 2.51 bits per heavy atom. The second-order valence-electron chi connectivity index (χ2n) is 8.98. The van der Waals surface area contributed by atoms with Gasteiger partial charge in [0.15, 0.2) is 17.9 Å². The summed E-state index contributed by atoms with van der Waals surface area (Å²) in [6, 6.07) is 6.82. The van der Waals surface area contributed by atoms with E-state index in [1.54, 1.807) is 27.2 Å². The molecule has 0 radical (unpaired) electrons. The standard InChI is InChI=1S/C27H34FN3O4/c1-7-8-23(33)19-12-18(3)26(21(28)13-19)27-22(31-10-9-17(2)11-24(31)29-27)14-20(32)15-30(4)16-25(34-5)35-6/h9-13,25H,7-8,14-16H2,1-6H3. The van der Waals surface area contributed by atoms with Crippen molar-refractivity contribution in [2.24, 2.45) is 0 Å². The van der Waals surface area contributed by atoms with E-state index in [1.165, 1.54) is 6.07 Å². The molecule has 0 amide bonds. The van der Waals surface area contributed by atoms with Crippen LogP contribution in [0.3, 0.4) is 0 Å². The fraction of sp³-hybridized carbons (Fsp3) is 0.444. The fourth-order valence-electron chi connectivity index (χ4n) is 4.25. The summed E-state index contributed by atoms with van der Waals surface area (Å²) in [5.41, 5.74) is 3.96. The highest BCUT2D eigenvalue weighted by molar-refractivity contribution is 5.97. The first-order valence-electron chi connectivity index (χ1n) is 11.8. The molecule has 2 heterocycles. The number of pyridine rings is 1. The number of Topliss-reactive ketones (excluding diaryl/α,β-unsaturated/α-hetero) is 2. The lowest BCUT2D eigenvalue weighted by molar-refractivity contribution is -0.125. The number of imidazole rings is 1. The molecule has 3 aromatic rings. The molecule has 0 aliphatic rings. The Morgan fingerprint density at radius 1 is 1.17 bits per heavy atom. The van der Waals surface area contributed by atoms with Crippen LogP contribution in [0, 0.1) is 19.7 Å². The van der Waals surface area contributed by atoms with Gasteiger partial charge < -0.3 is 13.9 Å². The zero-order valence-electron chi connectivity index (χ0n) is 21.4. The van der Waals surface area contributed by atoms with Crippen LogP contribution in [0.2, 0.25) is 0 Å². The molecule has 0 unspecified atom stereocenters. The number of halogens is 1. The zero-order chi connectivity index (χ0) is 25.7. The van der Waals surface area contributed by atoms with Gasteiger partial charge in [0.25, 0.3) is 0 Å². The van der Waals surface area contributed by atoms with Gasteiger partial charge in [0, 0.05) is 44.5 Å². The predicted octanol–water partition coefficient (Wildman–Crippen LogP) is 4.40. The number of aryl methyl sites for hydroxylation is 2. The zero-order valence-corrected chi connectivity index (χ0v) is 21.4. The molecule has 2 aromatic heterocycles. The molecule has 3 rings (SSSR count). The first kappa shape index (κ1) is 26.7. The molecule has 0 spiro atoms. The molecular formula is C27H34FN3O4. The van der Waals surface area contributed by atoms with Crippen molar-refractivity contribution in [2.75, 3.05) is 34.4 Å². The van der Waals surface area contributed by atoms with Crippen molar-refractivity contribution in [1.82, 2.24) is 14.3 Å². The minimum absolute atomic E-state index is 0.0464. The average molecular weight is 484 g/mol. The van der Waals surface area contributed by atoms with Crippen molar-refractivity contribution in [3.8, 4) is 11.3 Å². The molecule has 0 atom stereocenters. The maximum Gasteiger partial charge on any atom is 0.169 e. The van der Waals surface area contributed by atoms with E-state index in [0.717, 1.165) is 5.56 Å². The molecule has 0 fully saturated rings. The van der Waals surface area contributed by atoms with Crippen LogP contribution in [0.25, 0.3) is 16.9 Å². The number of fused-ring (bicyclic) bond motifs is 1. The predicted molar refractivity (Wildman–Crippen MR) is 133 cm³/mol. The Morgan fingerprint density at radius 2 is 1.89 bits per heavy atom. The molecule has 0 saturated carbocycles. The summed E-state index contributed by atoms with van der Waals surface area (Å²) in [4.78, 5) is 32.0. The minimum Gasteiger partial charge on any atom is -0.355 e. The third-order valence-electron chi connectivity index (χ3n) is 6.00. The molecule has 7 nitrogen and oxygen atoms in total.